The van der Waals surface area contributed by atoms with Crippen molar-refractivity contribution in [2.45, 2.75) is 116 Å². The van der Waals surface area contributed by atoms with Gasteiger partial charge in [0, 0.05) is 84.0 Å². The average Bonchev–Trinajstić information content (AvgIpc) is 4.10. The molecule has 6 saturated heterocycles. The van der Waals surface area contributed by atoms with Crippen LogP contribution in [0, 0.1) is 5.92 Å². The molecule has 1 aliphatic carbocycles. The number of phenols is 2. The maximum absolute atomic E-state index is 12.4. The Bertz CT molecular complexity index is 1720. The van der Waals surface area contributed by atoms with Crippen LogP contribution in [0.4, 0.5) is 0 Å². The van der Waals surface area contributed by atoms with E-state index in [2.05, 4.69) is 78.8 Å². The number of aliphatic hydroxyl groups is 1. The Hall–Kier alpha value is -3.18. The highest BCUT2D eigenvalue weighted by Crippen LogP contribution is 2.47. The fraction of sp³-hybridized carbons (Fsp3) is 0.647. The summed E-state index contributed by atoms with van der Waals surface area (Å²) in [5, 5.41) is 36.8. The number of hydrogen-bond acceptors (Lipinski definition) is 9. The number of likely N-dealkylation sites (tertiary alicyclic amines) is 6. The lowest BCUT2D eigenvalue weighted by Crippen LogP contribution is -2.34. The van der Waals surface area contributed by atoms with Crippen molar-refractivity contribution in [1.82, 2.24) is 29.4 Å². The summed E-state index contributed by atoms with van der Waals surface area (Å²) in [6.07, 6.45) is 21.6. The van der Waals surface area contributed by atoms with Gasteiger partial charge in [-0.2, -0.15) is 0 Å². The number of phenolic OH excluding ortho intramolecular Hbond substituents is 2. The molecular weight excluding hydrogens is 745 g/mol. The Balaban J connectivity index is 1.22. The van der Waals surface area contributed by atoms with Gasteiger partial charge in [-0.3, -0.25) is 29.4 Å². The molecule has 0 aromatic heterocycles. The highest BCUT2D eigenvalue weighted by molar-refractivity contribution is 5.56. The third-order valence-corrected chi connectivity index (χ3v) is 15.5. The van der Waals surface area contributed by atoms with Gasteiger partial charge in [0.1, 0.15) is 17.3 Å². The van der Waals surface area contributed by atoms with Crippen LogP contribution in [0.1, 0.15) is 117 Å². The van der Waals surface area contributed by atoms with E-state index in [1.54, 1.807) is 0 Å². The minimum Gasteiger partial charge on any atom is -0.507 e. The first-order chi connectivity index (χ1) is 29.3. The zero-order chi connectivity index (χ0) is 41.1. The van der Waals surface area contributed by atoms with Crippen LogP contribution in [0.15, 0.2) is 59.4 Å². The van der Waals surface area contributed by atoms with Gasteiger partial charge < -0.3 is 15.3 Å². The van der Waals surface area contributed by atoms with Gasteiger partial charge in [-0.25, -0.2) is 0 Å². The van der Waals surface area contributed by atoms with Crippen LogP contribution >= 0.6 is 0 Å². The fourth-order valence-corrected chi connectivity index (χ4v) is 11.7. The summed E-state index contributed by atoms with van der Waals surface area (Å²) in [7, 11) is 0. The van der Waals surface area contributed by atoms with Crippen molar-refractivity contribution in [3.63, 3.8) is 0 Å². The first-order valence-electron chi connectivity index (χ1n) is 24.2. The first-order valence-corrected chi connectivity index (χ1v) is 24.2. The molecule has 1 atom stereocenters. The lowest BCUT2D eigenvalue weighted by molar-refractivity contribution is 0.310. The van der Waals surface area contributed by atoms with Crippen LogP contribution in [0.25, 0.3) is 0 Å². The molecule has 0 saturated carbocycles. The molecular formula is C51H74N6O3. The maximum atomic E-state index is 12.4. The number of aliphatic hydroxyl groups excluding tert-OH is 1. The Morgan fingerprint density at radius 2 is 0.750 bits per heavy atom. The first kappa shape index (κ1) is 42.1. The fourth-order valence-electron chi connectivity index (χ4n) is 11.7. The van der Waals surface area contributed by atoms with Crippen LogP contribution < -0.4 is 0 Å². The highest BCUT2D eigenvalue weighted by Gasteiger charge is 2.40. The predicted octanol–water partition coefficient (Wildman–Crippen LogP) is 7.90. The molecule has 6 heterocycles. The molecule has 0 spiro atoms. The van der Waals surface area contributed by atoms with E-state index in [0.717, 1.165) is 151 Å². The number of hydrogen-bond donors (Lipinski definition) is 3. The van der Waals surface area contributed by atoms with Crippen LogP contribution in [0.3, 0.4) is 0 Å². The number of aromatic hydroxyl groups is 2. The summed E-state index contributed by atoms with van der Waals surface area (Å²) in [5.74, 6) is 1.29. The van der Waals surface area contributed by atoms with Crippen molar-refractivity contribution in [2.24, 2.45) is 5.92 Å². The molecule has 3 N–H and O–H groups in total. The Labute approximate surface area is 361 Å². The van der Waals surface area contributed by atoms with Gasteiger partial charge in [0.2, 0.25) is 0 Å². The lowest BCUT2D eigenvalue weighted by Gasteiger charge is -2.39. The summed E-state index contributed by atoms with van der Waals surface area (Å²) in [6, 6.07) is 9.39. The standard InChI is InChI=1S/C51H74N6O3/c1-51(46-29-41(35-54-20-6-7-21-54)49(59)42(30-46)36-55-22-8-9-23-55,47-31-43(37-56-24-10-11-25-56)50(60)44(32-47)38-57-26-12-13-27-57)45-15-14-39(33-52-16-2-3-17-52)48(58)40(28-45)34-53-18-4-5-19-53/h14-15,28-32,45,58-60H,2-13,16-27,33-38H2,1H3. The van der Waals surface area contributed by atoms with Gasteiger partial charge in [0.25, 0.3) is 0 Å². The molecule has 326 valence electrons. The SMILES string of the molecule is CC(c1cc(CN2CCCC2)c(O)c(CN2CCCC2)c1)(c1cc(CN2CCCC2)c(O)c(CN2CCCC2)c1)C1C=CC(CN2CCCC2)=C(O)C(CN2CCCC2)=C1. The largest absolute Gasteiger partial charge is 0.507 e. The molecule has 0 bridgehead atoms. The molecule has 6 aliphatic heterocycles. The van der Waals surface area contributed by atoms with Gasteiger partial charge in [0.05, 0.1) is 0 Å². The highest BCUT2D eigenvalue weighted by atomic mass is 16.3. The van der Waals surface area contributed by atoms with Crippen molar-refractivity contribution < 1.29 is 15.3 Å². The molecule has 9 rings (SSSR count). The predicted molar refractivity (Wildman–Crippen MR) is 242 cm³/mol. The minimum absolute atomic E-state index is 0.0963. The minimum atomic E-state index is -0.587. The Morgan fingerprint density at radius 1 is 0.450 bits per heavy atom. The van der Waals surface area contributed by atoms with E-state index in [1.807, 2.05) is 0 Å². The van der Waals surface area contributed by atoms with E-state index in [0.29, 0.717) is 17.3 Å². The van der Waals surface area contributed by atoms with E-state index in [4.69, 9.17) is 0 Å². The van der Waals surface area contributed by atoms with Crippen molar-refractivity contribution in [2.75, 3.05) is 91.6 Å². The second-order valence-corrected chi connectivity index (χ2v) is 19.8. The Kier molecular flexibility index (Phi) is 13.4. The van der Waals surface area contributed by atoms with Gasteiger partial charge >= 0.3 is 0 Å². The molecule has 2 aromatic rings. The molecule has 1 unspecified atom stereocenters. The average molecular weight is 819 g/mol. The molecule has 0 amide bonds. The smallest absolute Gasteiger partial charge is 0.124 e. The quantitative estimate of drug-likeness (QED) is 0.166. The molecule has 60 heavy (non-hydrogen) atoms. The number of benzene rings is 2. The zero-order valence-electron chi connectivity index (χ0n) is 36.9. The Morgan fingerprint density at radius 3 is 1.08 bits per heavy atom. The normalized spacial score (nSPS) is 24.5. The van der Waals surface area contributed by atoms with Crippen molar-refractivity contribution in [1.29, 1.82) is 0 Å². The number of nitrogens with zero attached hydrogens (tertiary/aromatic N) is 6. The molecule has 9 heteroatoms. The van der Waals surface area contributed by atoms with Gasteiger partial charge in [-0.1, -0.05) is 25.2 Å². The molecule has 0 radical (unpaired) electrons. The second kappa shape index (κ2) is 19.1. The van der Waals surface area contributed by atoms with E-state index in [-0.39, 0.29) is 5.92 Å². The van der Waals surface area contributed by atoms with E-state index >= 15 is 0 Å². The monoisotopic (exact) mass is 819 g/mol. The summed E-state index contributed by atoms with van der Waals surface area (Å²) in [6.45, 7) is 19.8. The summed E-state index contributed by atoms with van der Waals surface area (Å²) < 4.78 is 0. The van der Waals surface area contributed by atoms with Crippen molar-refractivity contribution in [3.8, 4) is 11.5 Å². The zero-order valence-corrected chi connectivity index (χ0v) is 36.9. The van der Waals surface area contributed by atoms with Crippen LogP contribution in [0.2, 0.25) is 0 Å². The van der Waals surface area contributed by atoms with Crippen LogP contribution in [-0.2, 0) is 31.6 Å². The third-order valence-electron chi connectivity index (χ3n) is 15.5. The summed E-state index contributed by atoms with van der Waals surface area (Å²) in [4.78, 5) is 15.1. The van der Waals surface area contributed by atoms with Crippen LogP contribution in [0.5, 0.6) is 11.5 Å². The van der Waals surface area contributed by atoms with E-state index in [1.165, 1.54) is 88.2 Å². The van der Waals surface area contributed by atoms with E-state index < -0.39 is 5.41 Å². The summed E-state index contributed by atoms with van der Waals surface area (Å²) >= 11 is 0. The molecule has 2 aromatic carbocycles. The van der Waals surface area contributed by atoms with Gasteiger partial charge in [-0.15, -0.1) is 0 Å². The van der Waals surface area contributed by atoms with Crippen LogP contribution in [-0.4, -0.2) is 136 Å². The number of rotatable bonds is 15. The molecule has 9 nitrogen and oxygen atoms in total. The topological polar surface area (TPSA) is 80.1 Å². The number of allylic oxidation sites excluding steroid dienone is 2. The van der Waals surface area contributed by atoms with E-state index in [9.17, 15) is 15.3 Å². The molecule has 7 aliphatic rings. The van der Waals surface area contributed by atoms with Crippen molar-refractivity contribution in [3.05, 3.63) is 92.8 Å². The maximum Gasteiger partial charge on any atom is 0.124 e. The third kappa shape index (κ3) is 9.42. The van der Waals surface area contributed by atoms with Crippen molar-refractivity contribution >= 4 is 0 Å². The second-order valence-electron chi connectivity index (χ2n) is 19.8. The van der Waals surface area contributed by atoms with Gasteiger partial charge in [-0.05, 0) is 191 Å². The summed E-state index contributed by atoms with van der Waals surface area (Å²) in [5.41, 5.74) is 8.00. The van der Waals surface area contributed by atoms with Gasteiger partial charge in [0.15, 0.2) is 0 Å². The lowest BCUT2D eigenvalue weighted by atomic mass is 9.65. The molecule has 6 fully saturated rings.